The van der Waals surface area contributed by atoms with Crippen LogP contribution in [-0.2, 0) is 10.0 Å². The molecule has 1 N–H and O–H groups in total. The van der Waals surface area contributed by atoms with Crippen LogP contribution in [0.15, 0.2) is 42.5 Å². The number of carbonyl (C=O) groups excluding carboxylic acids is 2. The van der Waals surface area contributed by atoms with Gasteiger partial charge in [0.2, 0.25) is 10.0 Å². The van der Waals surface area contributed by atoms with E-state index in [9.17, 15) is 22.4 Å². The monoisotopic (exact) mass is 514 g/mol. The highest BCUT2D eigenvalue weighted by molar-refractivity contribution is 7.89. The number of unbranched alkanes of at least 4 members (excludes halogenated alkanes) is 2. The van der Waals surface area contributed by atoms with Crippen molar-refractivity contribution >= 4 is 21.8 Å². The number of nitrogens with zero attached hydrogens (tertiary/aromatic N) is 1. The van der Waals surface area contributed by atoms with Crippen LogP contribution in [0.2, 0.25) is 0 Å². The van der Waals surface area contributed by atoms with Crippen molar-refractivity contribution in [2.24, 2.45) is 11.8 Å². The topological polar surface area (TPSA) is 92.8 Å². The number of amides is 2. The number of fused-ring (bicyclic) bond motifs is 1. The summed E-state index contributed by atoms with van der Waals surface area (Å²) >= 11 is 0. The summed E-state index contributed by atoms with van der Waals surface area (Å²) < 4.78 is 48.4. The molecule has 9 heteroatoms. The summed E-state index contributed by atoms with van der Waals surface area (Å²) in [6, 6.07) is 11.0. The Kier molecular flexibility index (Phi) is 7.12. The highest BCUT2D eigenvalue weighted by Crippen LogP contribution is 2.42. The molecule has 1 atom stereocenters. The third-order valence-electron chi connectivity index (χ3n) is 7.06. The molecule has 2 saturated carbocycles. The first-order valence-electron chi connectivity index (χ1n) is 12.7. The first-order chi connectivity index (χ1) is 17.3. The maximum Gasteiger partial charge on any atom is 0.261 e. The smallest absolute Gasteiger partial charge is 0.261 e. The van der Waals surface area contributed by atoms with Crippen molar-refractivity contribution in [3.05, 3.63) is 65.0 Å². The van der Waals surface area contributed by atoms with Gasteiger partial charge in [-0.3, -0.25) is 14.5 Å². The fourth-order valence-electron chi connectivity index (χ4n) is 4.62. The third kappa shape index (κ3) is 5.78. The molecule has 192 valence electrons. The number of hydrogen-bond acceptors (Lipinski definition) is 5. The van der Waals surface area contributed by atoms with E-state index in [0.717, 1.165) is 31.2 Å². The standard InChI is InChI=1S/C27H31FN2O5S/c28-23-13-12-20(16-24(23)35-17-18-8-9-18)25(19-10-11-19)29-36(33,34)15-5-1-4-14-30-26(31)21-6-2-3-7-22(21)27(30)32/h2-3,6-7,12-13,16,18-19,25,29H,1,4-5,8-11,14-15,17H2/t25-/m1/s1. The normalized spacial score (nSPS) is 18.4. The summed E-state index contributed by atoms with van der Waals surface area (Å²) in [7, 11) is -3.57. The zero-order valence-electron chi connectivity index (χ0n) is 20.1. The van der Waals surface area contributed by atoms with Gasteiger partial charge in [-0.15, -0.1) is 0 Å². The van der Waals surface area contributed by atoms with Crippen LogP contribution in [0.25, 0.3) is 0 Å². The van der Waals surface area contributed by atoms with E-state index in [4.69, 9.17) is 4.74 Å². The molecule has 36 heavy (non-hydrogen) atoms. The molecule has 0 radical (unpaired) electrons. The van der Waals surface area contributed by atoms with Crippen molar-refractivity contribution in [1.82, 2.24) is 9.62 Å². The SMILES string of the molecule is O=C1c2ccccc2C(=O)N1CCCCCS(=O)(=O)N[C@@H](c1ccc(F)c(OCC2CC2)c1)C1CC1. The van der Waals surface area contributed by atoms with Crippen LogP contribution in [-0.4, -0.2) is 44.0 Å². The largest absolute Gasteiger partial charge is 0.490 e. The first-order valence-corrected chi connectivity index (χ1v) is 14.3. The second-order valence-electron chi connectivity index (χ2n) is 10.1. The predicted octanol–water partition coefficient (Wildman–Crippen LogP) is 4.45. The van der Waals surface area contributed by atoms with Gasteiger partial charge in [0.05, 0.1) is 23.5 Å². The Morgan fingerprint density at radius 3 is 2.31 bits per heavy atom. The molecule has 0 aromatic heterocycles. The Morgan fingerprint density at radius 2 is 1.67 bits per heavy atom. The Bertz CT molecular complexity index is 1220. The van der Waals surface area contributed by atoms with Gasteiger partial charge in [-0.05, 0) is 80.2 Å². The van der Waals surface area contributed by atoms with E-state index < -0.39 is 21.9 Å². The minimum atomic E-state index is -3.57. The third-order valence-corrected chi connectivity index (χ3v) is 8.50. The lowest BCUT2D eigenvalue weighted by Crippen LogP contribution is -2.32. The Labute approximate surface area is 211 Å². The second kappa shape index (κ2) is 10.3. The molecule has 2 fully saturated rings. The van der Waals surface area contributed by atoms with Gasteiger partial charge in [-0.25, -0.2) is 17.5 Å². The summed E-state index contributed by atoms with van der Waals surface area (Å²) in [5.41, 5.74) is 1.56. The molecular weight excluding hydrogens is 483 g/mol. The van der Waals surface area contributed by atoms with Crippen molar-refractivity contribution in [1.29, 1.82) is 0 Å². The Morgan fingerprint density at radius 1 is 0.972 bits per heavy atom. The number of benzene rings is 2. The van der Waals surface area contributed by atoms with Crippen LogP contribution in [0.1, 0.15) is 77.3 Å². The Hall–Kier alpha value is -2.78. The van der Waals surface area contributed by atoms with Gasteiger partial charge >= 0.3 is 0 Å². The minimum absolute atomic E-state index is 0.0510. The van der Waals surface area contributed by atoms with Crippen molar-refractivity contribution < 1.29 is 27.1 Å². The Balaban J connectivity index is 1.12. The van der Waals surface area contributed by atoms with Gasteiger partial charge in [0.15, 0.2) is 11.6 Å². The van der Waals surface area contributed by atoms with Crippen molar-refractivity contribution in [2.45, 2.75) is 51.0 Å². The fourth-order valence-corrected chi connectivity index (χ4v) is 6.03. The molecule has 2 amide bonds. The van der Waals surface area contributed by atoms with Crippen LogP contribution in [0.3, 0.4) is 0 Å². The zero-order valence-corrected chi connectivity index (χ0v) is 20.9. The summed E-state index contributed by atoms with van der Waals surface area (Å²) in [4.78, 5) is 26.1. The highest BCUT2D eigenvalue weighted by Gasteiger charge is 2.36. The maximum atomic E-state index is 14.2. The molecule has 2 aliphatic carbocycles. The van der Waals surface area contributed by atoms with E-state index in [1.165, 1.54) is 11.0 Å². The van der Waals surface area contributed by atoms with Crippen LogP contribution in [0.4, 0.5) is 4.39 Å². The second-order valence-corrected chi connectivity index (χ2v) is 11.9. The summed E-state index contributed by atoms with van der Waals surface area (Å²) in [6.07, 6.45) is 5.56. The number of ether oxygens (including phenoxy) is 1. The summed E-state index contributed by atoms with van der Waals surface area (Å²) in [5.74, 6) is -0.218. The van der Waals surface area contributed by atoms with Crippen molar-refractivity contribution in [3.63, 3.8) is 0 Å². The van der Waals surface area contributed by atoms with Gasteiger partial charge in [0.1, 0.15) is 0 Å². The number of nitrogens with one attached hydrogen (secondary N) is 1. The maximum absolute atomic E-state index is 14.2. The molecule has 0 bridgehead atoms. The number of carbonyl (C=O) groups is 2. The number of imide groups is 1. The lowest BCUT2D eigenvalue weighted by atomic mass is 10.0. The molecule has 2 aromatic rings. The van der Waals surface area contributed by atoms with Gasteiger partial charge in [0.25, 0.3) is 11.8 Å². The molecule has 0 saturated heterocycles. The van der Waals surface area contributed by atoms with E-state index in [1.54, 1.807) is 36.4 Å². The van der Waals surface area contributed by atoms with Gasteiger partial charge in [-0.1, -0.05) is 24.6 Å². The summed E-state index contributed by atoms with van der Waals surface area (Å²) in [6.45, 7) is 0.755. The number of hydrogen-bond donors (Lipinski definition) is 1. The van der Waals surface area contributed by atoms with Crippen LogP contribution < -0.4 is 9.46 Å². The van der Waals surface area contributed by atoms with E-state index >= 15 is 0 Å². The number of sulfonamides is 1. The average molecular weight is 515 g/mol. The molecule has 3 aliphatic rings. The molecule has 2 aromatic carbocycles. The average Bonchev–Trinajstić information content (AvgIpc) is 3.78. The van der Waals surface area contributed by atoms with Crippen molar-refractivity contribution in [3.8, 4) is 5.75 Å². The summed E-state index contributed by atoms with van der Waals surface area (Å²) in [5, 5.41) is 0. The number of halogens is 1. The lowest BCUT2D eigenvalue weighted by Gasteiger charge is -2.20. The van der Waals surface area contributed by atoms with Gasteiger partial charge < -0.3 is 4.74 Å². The number of rotatable bonds is 13. The molecule has 7 nitrogen and oxygen atoms in total. The van der Waals surface area contributed by atoms with Crippen LogP contribution >= 0.6 is 0 Å². The van der Waals surface area contributed by atoms with E-state index in [0.29, 0.717) is 42.9 Å². The molecular formula is C27H31FN2O5S. The lowest BCUT2D eigenvalue weighted by molar-refractivity contribution is 0.0651. The fraction of sp³-hybridized carbons (Fsp3) is 0.481. The molecule has 0 unspecified atom stereocenters. The minimum Gasteiger partial charge on any atom is -0.490 e. The highest BCUT2D eigenvalue weighted by atomic mass is 32.2. The van der Waals surface area contributed by atoms with E-state index in [-0.39, 0.29) is 35.8 Å². The first kappa shape index (κ1) is 24.9. The van der Waals surface area contributed by atoms with Gasteiger partial charge in [-0.2, -0.15) is 0 Å². The van der Waals surface area contributed by atoms with Crippen molar-refractivity contribution in [2.75, 3.05) is 18.9 Å². The molecule has 1 aliphatic heterocycles. The predicted molar refractivity (Wildman–Crippen MR) is 133 cm³/mol. The van der Waals surface area contributed by atoms with E-state index in [1.807, 2.05) is 0 Å². The van der Waals surface area contributed by atoms with Crippen LogP contribution in [0.5, 0.6) is 5.75 Å². The van der Waals surface area contributed by atoms with E-state index in [2.05, 4.69) is 4.72 Å². The molecule has 5 rings (SSSR count). The zero-order chi connectivity index (χ0) is 25.3. The molecule has 0 spiro atoms. The molecule has 1 heterocycles. The van der Waals surface area contributed by atoms with Crippen LogP contribution in [0, 0.1) is 17.7 Å². The van der Waals surface area contributed by atoms with Gasteiger partial charge in [0, 0.05) is 12.6 Å². The quantitative estimate of drug-likeness (QED) is 0.315.